The first-order valence-corrected chi connectivity index (χ1v) is 9.42. The Hall–Kier alpha value is -2.69. The van der Waals surface area contributed by atoms with Crippen molar-refractivity contribution >= 4 is 23.0 Å². The molecule has 3 rings (SSSR count). The van der Waals surface area contributed by atoms with E-state index in [4.69, 9.17) is 4.74 Å². The predicted octanol–water partition coefficient (Wildman–Crippen LogP) is 4.01. The molecule has 1 N–H and O–H groups in total. The number of methoxy groups -OCH3 is 1. The van der Waals surface area contributed by atoms with Gasteiger partial charge in [-0.25, -0.2) is 0 Å². The molecule has 5 heteroatoms. The number of carbonyl (C=O) groups is 1. The molecule has 2 aromatic rings. The average molecular weight is 367 g/mol. The Balaban J connectivity index is 1.56. The lowest BCUT2D eigenvalue weighted by atomic mass is 9.95. The number of nitrogens with one attached hydrogen (secondary N) is 1. The molecule has 0 unspecified atom stereocenters. The van der Waals surface area contributed by atoms with Crippen LogP contribution in [0.3, 0.4) is 0 Å². The minimum Gasteiger partial charge on any atom is -0.497 e. The van der Waals surface area contributed by atoms with Gasteiger partial charge in [-0.1, -0.05) is 20.8 Å². The van der Waals surface area contributed by atoms with E-state index >= 15 is 0 Å². The summed E-state index contributed by atoms with van der Waals surface area (Å²) in [6.07, 6.45) is 0. The molecule has 0 aliphatic carbocycles. The van der Waals surface area contributed by atoms with Gasteiger partial charge in [0.05, 0.1) is 7.11 Å². The molecule has 1 amide bonds. The maximum Gasteiger partial charge on any atom is 0.229 e. The van der Waals surface area contributed by atoms with Crippen molar-refractivity contribution in [3.05, 3.63) is 48.5 Å². The van der Waals surface area contributed by atoms with Crippen LogP contribution in [0.5, 0.6) is 5.75 Å². The Morgan fingerprint density at radius 2 is 1.30 bits per heavy atom. The van der Waals surface area contributed by atoms with Crippen LogP contribution in [0.4, 0.5) is 17.1 Å². The molecule has 1 saturated heterocycles. The van der Waals surface area contributed by atoms with Crippen LogP contribution in [0.25, 0.3) is 0 Å². The Labute approximate surface area is 161 Å². The predicted molar refractivity (Wildman–Crippen MR) is 112 cm³/mol. The summed E-state index contributed by atoms with van der Waals surface area (Å²) in [4.78, 5) is 16.9. The Bertz CT molecular complexity index is 756. The fourth-order valence-electron chi connectivity index (χ4n) is 3.09. The van der Waals surface area contributed by atoms with Crippen molar-refractivity contribution in [3.63, 3.8) is 0 Å². The number of piperazine rings is 1. The molecule has 144 valence electrons. The Morgan fingerprint density at radius 1 is 0.852 bits per heavy atom. The lowest BCUT2D eigenvalue weighted by Crippen LogP contribution is -2.46. The first kappa shape index (κ1) is 19.1. The summed E-state index contributed by atoms with van der Waals surface area (Å²) in [6.45, 7) is 9.65. The van der Waals surface area contributed by atoms with E-state index < -0.39 is 5.41 Å². The fraction of sp³-hybridized carbons (Fsp3) is 0.409. The van der Waals surface area contributed by atoms with E-state index in [1.807, 2.05) is 45.0 Å². The van der Waals surface area contributed by atoms with Gasteiger partial charge >= 0.3 is 0 Å². The molecular formula is C22H29N3O2. The standard InChI is InChI=1S/C22H29N3O2/c1-22(2,3)21(26)23-17-5-7-18(8-6-17)24-13-15-25(16-14-24)19-9-11-20(27-4)12-10-19/h5-12H,13-16H2,1-4H3,(H,23,26). The number of rotatable bonds is 4. The van der Waals surface area contributed by atoms with Gasteiger partial charge in [-0.3, -0.25) is 4.79 Å². The topological polar surface area (TPSA) is 44.8 Å². The van der Waals surface area contributed by atoms with E-state index in [0.29, 0.717) is 0 Å². The van der Waals surface area contributed by atoms with Crippen LogP contribution in [-0.4, -0.2) is 39.2 Å². The zero-order chi connectivity index (χ0) is 19.4. The second-order valence-corrected chi connectivity index (χ2v) is 7.92. The van der Waals surface area contributed by atoms with E-state index in [1.165, 1.54) is 11.4 Å². The third-order valence-electron chi connectivity index (χ3n) is 4.89. The van der Waals surface area contributed by atoms with Crippen LogP contribution in [0.15, 0.2) is 48.5 Å². The molecule has 1 fully saturated rings. The third-order valence-corrected chi connectivity index (χ3v) is 4.89. The first-order chi connectivity index (χ1) is 12.9. The first-order valence-electron chi connectivity index (χ1n) is 9.42. The monoisotopic (exact) mass is 367 g/mol. The molecule has 0 bridgehead atoms. The summed E-state index contributed by atoms with van der Waals surface area (Å²) in [6, 6.07) is 16.4. The molecule has 1 heterocycles. The van der Waals surface area contributed by atoms with Gasteiger partial charge in [-0.2, -0.15) is 0 Å². The van der Waals surface area contributed by atoms with Crippen molar-refractivity contribution in [1.82, 2.24) is 0 Å². The van der Waals surface area contributed by atoms with E-state index in [9.17, 15) is 4.79 Å². The smallest absolute Gasteiger partial charge is 0.229 e. The van der Waals surface area contributed by atoms with Gasteiger partial charge < -0.3 is 19.9 Å². The normalized spacial score (nSPS) is 14.8. The summed E-state index contributed by atoms with van der Waals surface area (Å²) >= 11 is 0. The van der Waals surface area contributed by atoms with E-state index in [-0.39, 0.29) is 5.91 Å². The van der Waals surface area contributed by atoms with Crippen molar-refractivity contribution in [1.29, 1.82) is 0 Å². The lowest BCUT2D eigenvalue weighted by Gasteiger charge is -2.37. The Kier molecular flexibility index (Phi) is 5.59. The van der Waals surface area contributed by atoms with Gasteiger partial charge in [0.15, 0.2) is 0 Å². The lowest BCUT2D eigenvalue weighted by molar-refractivity contribution is -0.123. The largest absolute Gasteiger partial charge is 0.497 e. The number of anilines is 3. The van der Waals surface area contributed by atoms with Crippen LogP contribution in [0, 0.1) is 5.41 Å². The van der Waals surface area contributed by atoms with Crippen molar-refractivity contribution in [2.75, 3.05) is 48.4 Å². The molecule has 1 aliphatic heterocycles. The number of hydrogen-bond donors (Lipinski definition) is 1. The molecule has 0 spiro atoms. The van der Waals surface area contributed by atoms with Crippen molar-refractivity contribution in [2.24, 2.45) is 5.41 Å². The van der Waals surface area contributed by atoms with Crippen molar-refractivity contribution in [2.45, 2.75) is 20.8 Å². The minimum atomic E-state index is -0.392. The van der Waals surface area contributed by atoms with Crippen LogP contribution in [-0.2, 0) is 4.79 Å². The van der Waals surface area contributed by atoms with Crippen molar-refractivity contribution in [3.8, 4) is 5.75 Å². The summed E-state index contributed by atoms with van der Waals surface area (Å²) in [5.74, 6) is 0.916. The number of carbonyl (C=O) groups excluding carboxylic acids is 1. The molecule has 0 aromatic heterocycles. The summed E-state index contributed by atoms with van der Waals surface area (Å²) in [7, 11) is 1.69. The Morgan fingerprint density at radius 3 is 1.70 bits per heavy atom. The van der Waals surface area contributed by atoms with Crippen LogP contribution < -0.4 is 19.9 Å². The van der Waals surface area contributed by atoms with Gasteiger partial charge in [0.25, 0.3) is 0 Å². The summed E-state index contributed by atoms with van der Waals surface area (Å²) in [5, 5.41) is 2.97. The maximum atomic E-state index is 12.1. The number of ether oxygens (including phenoxy) is 1. The molecule has 2 aromatic carbocycles. The highest BCUT2D eigenvalue weighted by Gasteiger charge is 2.21. The maximum absolute atomic E-state index is 12.1. The van der Waals surface area contributed by atoms with E-state index in [1.54, 1.807) is 7.11 Å². The van der Waals surface area contributed by atoms with Gasteiger partial charge in [0, 0.05) is 48.7 Å². The highest BCUT2D eigenvalue weighted by molar-refractivity contribution is 5.94. The van der Waals surface area contributed by atoms with E-state index in [2.05, 4.69) is 39.4 Å². The van der Waals surface area contributed by atoms with Gasteiger partial charge in [-0.15, -0.1) is 0 Å². The van der Waals surface area contributed by atoms with Crippen LogP contribution >= 0.6 is 0 Å². The SMILES string of the molecule is COc1ccc(N2CCN(c3ccc(NC(=O)C(C)(C)C)cc3)CC2)cc1. The summed E-state index contributed by atoms with van der Waals surface area (Å²) in [5.41, 5.74) is 2.88. The van der Waals surface area contributed by atoms with Gasteiger partial charge in [-0.05, 0) is 48.5 Å². The zero-order valence-electron chi connectivity index (χ0n) is 16.7. The molecule has 0 saturated carbocycles. The number of nitrogens with zero attached hydrogens (tertiary/aromatic N) is 2. The molecular weight excluding hydrogens is 338 g/mol. The average Bonchev–Trinajstić information content (AvgIpc) is 2.68. The van der Waals surface area contributed by atoms with Gasteiger partial charge in [0.1, 0.15) is 5.75 Å². The van der Waals surface area contributed by atoms with Crippen molar-refractivity contribution < 1.29 is 9.53 Å². The number of hydrogen-bond acceptors (Lipinski definition) is 4. The second-order valence-electron chi connectivity index (χ2n) is 7.92. The van der Waals surface area contributed by atoms with Gasteiger partial charge in [0.2, 0.25) is 5.91 Å². The molecule has 5 nitrogen and oxygen atoms in total. The van der Waals surface area contributed by atoms with E-state index in [0.717, 1.165) is 37.6 Å². The number of amides is 1. The van der Waals surface area contributed by atoms with Crippen LogP contribution in [0.1, 0.15) is 20.8 Å². The van der Waals surface area contributed by atoms with Crippen LogP contribution in [0.2, 0.25) is 0 Å². The zero-order valence-corrected chi connectivity index (χ0v) is 16.7. The number of benzene rings is 2. The summed E-state index contributed by atoms with van der Waals surface area (Å²) < 4.78 is 5.23. The minimum absolute atomic E-state index is 0.0309. The second kappa shape index (κ2) is 7.91. The molecule has 1 aliphatic rings. The molecule has 0 radical (unpaired) electrons. The molecule has 0 atom stereocenters. The molecule has 27 heavy (non-hydrogen) atoms. The quantitative estimate of drug-likeness (QED) is 0.887. The highest BCUT2D eigenvalue weighted by Crippen LogP contribution is 2.24. The third kappa shape index (κ3) is 4.73. The highest BCUT2D eigenvalue weighted by atomic mass is 16.5. The fourth-order valence-corrected chi connectivity index (χ4v) is 3.09.